The first kappa shape index (κ1) is 16.4. The quantitative estimate of drug-likeness (QED) is 0.644. The summed E-state index contributed by atoms with van der Waals surface area (Å²) in [6.07, 6.45) is 5.58. The van der Waals surface area contributed by atoms with Gasteiger partial charge in [-0.05, 0) is 31.2 Å². The van der Waals surface area contributed by atoms with Crippen molar-refractivity contribution in [3.63, 3.8) is 0 Å². The molecule has 0 saturated heterocycles. The molecule has 0 saturated carbocycles. The molecule has 0 radical (unpaired) electrons. The monoisotopic (exact) mass is 355 g/mol. The van der Waals surface area contributed by atoms with E-state index in [4.69, 9.17) is 9.05 Å². The van der Waals surface area contributed by atoms with Gasteiger partial charge in [0.05, 0.1) is 11.4 Å². The molecule has 1 aliphatic carbocycles. The lowest BCUT2D eigenvalue weighted by molar-refractivity contribution is 0.369. The van der Waals surface area contributed by atoms with Gasteiger partial charge in [-0.2, -0.15) is 4.98 Å². The van der Waals surface area contributed by atoms with Crippen LogP contribution in [-0.4, -0.2) is 15.3 Å². The summed E-state index contributed by atoms with van der Waals surface area (Å²) in [5.74, 6) is 3.88. The highest BCUT2D eigenvalue weighted by molar-refractivity contribution is 7.97. The molecular formula is C19H21N3O2S. The van der Waals surface area contributed by atoms with Crippen LogP contribution >= 0.6 is 11.8 Å². The standard InChI is InChI=1S/C19H21N3O2S/c1-2-13-7-9-14(10-8-13)19-20-18(24-22-19)12-25-11-16-15-5-3-4-6-17(15)23-21-16/h7-10H,2-6,11-12H2,1H3. The lowest BCUT2D eigenvalue weighted by Crippen LogP contribution is -2.01. The largest absolute Gasteiger partial charge is 0.361 e. The van der Waals surface area contributed by atoms with E-state index in [0.29, 0.717) is 17.5 Å². The zero-order valence-corrected chi connectivity index (χ0v) is 15.1. The first-order chi connectivity index (χ1) is 12.3. The minimum Gasteiger partial charge on any atom is -0.361 e. The predicted octanol–water partition coefficient (Wildman–Crippen LogP) is 4.60. The summed E-state index contributed by atoms with van der Waals surface area (Å²) in [6, 6.07) is 8.30. The van der Waals surface area contributed by atoms with E-state index in [1.54, 1.807) is 11.8 Å². The molecule has 0 unspecified atom stereocenters. The second-order valence-corrected chi connectivity index (χ2v) is 7.28. The molecule has 2 aromatic heterocycles. The summed E-state index contributed by atoms with van der Waals surface area (Å²) in [5.41, 5.74) is 4.69. The Balaban J connectivity index is 1.36. The van der Waals surface area contributed by atoms with Crippen molar-refractivity contribution in [3.05, 3.63) is 52.7 Å². The lowest BCUT2D eigenvalue weighted by atomic mass is 9.97. The summed E-state index contributed by atoms with van der Waals surface area (Å²) in [6.45, 7) is 2.14. The number of benzene rings is 1. The van der Waals surface area contributed by atoms with E-state index in [1.165, 1.54) is 24.0 Å². The number of rotatable bonds is 6. The van der Waals surface area contributed by atoms with Gasteiger partial charge in [-0.25, -0.2) is 0 Å². The highest BCUT2D eigenvalue weighted by atomic mass is 32.2. The molecule has 0 N–H and O–H groups in total. The molecule has 130 valence electrons. The van der Waals surface area contributed by atoms with E-state index >= 15 is 0 Å². The topological polar surface area (TPSA) is 65.0 Å². The van der Waals surface area contributed by atoms with Crippen LogP contribution in [0.5, 0.6) is 0 Å². The maximum Gasteiger partial charge on any atom is 0.236 e. The van der Waals surface area contributed by atoms with E-state index in [-0.39, 0.29) is 0 Å². The van der Waals surface area contributed by atoms with Crippen molar-refractivity contribution in [1.29, 1.82) is 0 Å². The Kier molecular flexibility index (Phi) is 4.88. The third-order valence-corrected chi connectivity index (χ3v) is 5.51. The average molecular weight is 355 g/mol. The van der Waals surface area contributed by atoms with Crippen molar-refractivity contribution in [1.82, 2.24) is 15.3 Å². The fourth-order valence-electron chi connectivity index (χ4n) is 3.12. The first-order valence-corrected chi connectivity index (χ1v) is 9.95. The van der Waals surface area contributed by atoms with Crippen molar-refractivity contribution in [2.45, 2.75) is 50.5 Å². The summed E-state index contributed by atoms with van der Waals surface area (Å²) < 4.78 is 10.8. The molecule has 1 aromatic carbocycles. The van der Waals surface area contributed by atoms with Crippen LogP contribution < -0.4 is 0 Å². The SMILES string of the molecule is CCc1ccc(-c2noc(CSCc3noc4c3CCCC4)n2)cc1. The molecule has 5 nitrogen and oxygen atoms in total. The van der Waals surface area contributed by atoms with Gasteiger partial charge in [0.1, 0.15) is 5.76 Å². The van der Waals surface area contributed by atoms with Gasteiger partial charge in [-0.1, -0.05) is 41.5 Å². The van der Waals surface area contributed by atoms with Crippen molar-refractivity contribution in [2.75, 3.05) is 0 Å². The smallest absolute Gasteiger partial charge is 0.236 e. The van der Waals surface area contributed by atoms with Crippen LogP contribution in [0.2, 0.25) is 0 Å². The number of thioether (sulfide) groups is 1. The Labute approximate surface area is 151 Å². The van der Waals surface area contributed by atoms with Gasteiger partial charge in [-0.15, -0.1) is 11.8 Å². The van der Waals surface area contributed by atoms with Crippen LogP contribution in [-0.2, 0) is 30.8 Å². The lowest BCUT2D eigenvalue weighted by Gasteiger charge is -2.08. The molecule has 0 spiro atoms. The third-order valence-electron chi connectivity index (χ3n) is 4.58. The molecule has 4 rings (SSSR count). The number of nitrogens with zero attached hydrogens (tertiary/aromatic N) is 3. The van der Waals surface area contributed by atoms with Crippen LogP contribution in [0.1, 0.15) is 48.2 Å². The van der Waals surface area contributed by atoms with Gasteiger partial charge in [0.15, 0.2) is 0 Å². The minimum absolute atomic E-state index is 0.650. The van der Waals surface area contributed by atoms with E-state index < -0.39 is 0 Å². The number of hydrogen-bond acceptors (Lipinski definition) is 6. The summed E-state index contributed by atoms with van der Waals surface area (Å²) in [5, 5.41) is 8.33. The van der Waals surface area contributed by atoms with Crippen molar-refractivity contribution in [3.8, 4) is 11.4 Å². The van der Waals surface area contributed by atoms with Crippen molar-refractivity contribution in [2.24, 2.45) is 0 Å². The molecule has 0 amide bonds. The minimum atomic E-state index is 0.650. The average Bonchev–Trinajstić information content (AvgIpc) is 3.30. The number of aromatic nitrogens is 3. The predicted molar refractivity (Wildman–Crippen MR) is 97.3 cm³/mol. The Morgan fingerprint density at radius 1 is 1.00 bits per heavy atom. The van der Waals surface area contributed by atoms with E-state index in [0.717, 1.165) is 42.0 Å². The van der Waals surface area contributed by atoms with Crippen LogP contribution in [0.4, 0.5) is 0 Å². The number of aryl methyl sites for hydroxylation is 2. The van der Waals surface area contributed by atoms with E-state index in [1.807, 2.05) is 12.1 Å². The Bertz CT molecular complexity index is 839. The first-order valence-electron chi connectivity index (χ1n) is 8.79. The number of fused-ring (bicyclic) bond motifs is 1. The normalized spacial score (nSPS) is 13.8. The maximum atomic E-state index is 5.46. The molecule has 1 aliphatic rings. The summed E-state index contributed by atoms with van der Waals surface area (Å²) in [7, 11) is 0. The molecule has 0 bridgehead atoms. The maximum absolute atomic E-state index is 5.46. The van der Waals surface area contributed by atoms with E-state index in [2.05, 4.69) is 34.4 Å². The fraction of sp³-hybridized carbons (Fsp3) is 0.421. The van der Waals surface area contributed by atoms with E-state index in [9.17, 15) is 0 Å². The van der Waals surface area contributed by atoms with Crippen molar-refractivity contribution < 1.29 is 9.05 Å². The molecule has 0 aliphatic heterocycles. The molecule has 6 heteroatoms. The zero-order valence-electron chi connectivity index (χ0n) is 14.3. The molecule has 0 fully saturated rings. The molecular weight excluding hydrogens is 334 g/mol. The Hall–Kier alpha value is -2.08. The molecule has 2 heterocycles. The van der Waals surface area contributed by atoms with Crippen LogP contribution in [0.3, 0.4) is 0 Å². The van der Waals surface area contributed by atoms with Gasteiger partial charge in [0.25, 0.3) is 0 Å². The third kappa shape index (κ3) is 3.63. The highest BCUT2D eigenvalue weighted by Gasteiger charge is 2.19. The second-order valence-electron chi connectivity index (χ2n) is 6.29. The van der Waals surface area contributed by atoms with Gasteiger partial charge in [-0.3, -0.25) is 0 Å². The second kappa shape index (κ2) is 7.44. The van der Waals surface area contributed by atoms with Crippen LogP contribution in [0.25, 0.3) is 11.4 Å². The van der Waals surface area contributed by atoms with Crippen molar-refractivity contribution >= 4 is 11.8 Å². The van der Waals surface area contributed by atoms with Gasteiger partial charge >= 0.3 is 0 Å². The van der Waals surface area contributed by atoms with Gasteiger partial charge < -0.3 is 9.05 Å². The summed E-state index contributed by atoms with van der Waals surface area (Å²) in [4.78, 5) is 4.50. The number of hydrogen-bond donors (Lipinski definition) is 0. The Morgan fingerprint density at radius 2 is 1.84 bits per heavy atom. The Morgan fingerprint density at radius 3 is 2.68 bits per heavy atom. The van der Waals surface area contributed by atoms with Gasteiger partial charge in [0, 0.05) is 23.3 Å². The molecule has 3 aromatic rings. The molecule has 25 heavy (non-hydrogen) atoms. The fourth-order valence-corrected chi connectivity index (χ4v) is 3.93. The zero-order chi connectivity index (χ0) is 17.1. The van der Waals surface area contributed by atoms with Crippen LogP contribution in [0, 0.1) is 0 Å². The highest BCUT2D eigenvalue weighted by Crippen LogP contribution is 2.28. The van der Waals surface area contributed by atoms with Gasteiger partial charge in [0.2, 0.25) is 11.7 Å². The summed E-state index contributed by atoms with van der Waals surface area (Å²) >= 11 is 1.73. The van der Waals surface area contributed by atoms with Crippen LogP contribution in [0.15, 0.2) is 33.3 Å². The molecule has 0 atom stereocenters.